The number of ether oxygens (including phenoxy) is 1. The van der Waals surface area contributed by atoms with Gasteiger partial charge in [0, 0.05) is 25.0 Å². The van der Waals surface area contributed by atoms with E-state index in [4.69, 9.17) is 20.9 Å². The highest BCUT2D eigenvalue weighted by Crippen LogP contribution is 2.67. The summed E-state index contributed by atoms with van der Waals surface area (Å²) >= 11 is 6.00. The minimum atomic E-state index is -3.67. The summed E-state index contributed by atoms with van der Waals surface area (Å²) in [5.41, 5.74) is 0.466. The van der Waals surface area contributed by atoms with Gasteiger partial charge < -0.3 is 9.84 Å². The van der Waals surface area contributed by atoms with Gasteiger partial charge in [-0.3, -0.25) is 14.2 Å². The molecule has 9 heteroatoms. The number of carbonyl (C=O) groups excluding carboxylic acids is 1. The summed E-state index contributed by atoms with van der Waals surface area (Å²) in [6.45, 7) is 9.81. The molecule has 1 heterocycles. The van der Waals surface area contributed by atoms with Gasteiger partial charge in [-0.2, -0.15) is 8.42 Å². The maximum absolute atomic E-state index is 12.6. The van der Waals surface area contributed by atoms with Crippen LogP contribution in [0.4, 0.5) is 0 Å². The number of nitrogens with zero attached hydrogens (tertiary/aromatic N) is 1. The van der Waals surface area contributed by atoms with Crippen LogP contribution in [-0.2, 0) is 19.6 Å². The third-order valence-corrected chi connectivity index (χ3v) is 11.2. The zero-order valence-electron chi connectivity index (χ0n) is 22.4. The van der Waals surface area contributed by atoms with Gasteiger partial charge in [0.2, 0.25) is 0 Å². The van der Waals surface area contributed by atoms with Crippen molar-refractivity contribution in [1.82, 2.24) is 4.90 Å². The summed E-state index contributed by atoms with van der Waals surface area (Å²) in [6.07, 6.45) is 10.1. The first kappa shape index (κ1) is 28.8. The molecule has 5 rings (SSSR count). The molecule has 10 atom stereocenters. The Morgan fingerprint density at radius 1 is 1.11 bits per heavy atom. The van der Waals surface area contributed by atoms with Gasteiger partial charge in [-0.05, 0) is 92.8 Å². The largest absolute Gasteiger partial charge is 0.391 e. The molecule has 0 amide bonds. The highest BCUT2D eigenvalue weighted by Gasteiger charge is 2.62. The van der Waals surface area contributed by atoms with Crippen LogP contribution in [0.25, 0.3) is 0 Å². The standard InChI is InChI=1S/C26H42ClNO3.CH4O3S/c1-16-15-28(10-11-31-16)22-13-26(3)17(12-23(22)29)4-5-18-19-6-7-21(24(30)14-27)25(19,2)9-8-20(18)26;1-5(2,3)4/h16-23,29H,4-15H2,1-3H3;1H3,(H,2,3,4)/t16-,17+,18+,19+,20+,21-,22+,23+,25+,26+;/m1./s1. The maximum Gasteiger partial charge on any atom is 0.261 e. The Labute approximate surface area is 222 Å². The molecule has 1 aliphatic heterocycles. The summed E-state index contributed by atoms with van der Waals surface area (Å²) in [5, 5.41) is 11.1. The highest BCUT2D eigenvalue weighted by molar-refractivity contribution is 7.85. The second-order valence-electron chi connectivity index (χ2n) is 12.9. The van der Waals surface area contributed by atoms with Crippen LogP contribution in [0.5, 0.6) is 0 Å². The van der Waals surface area contributed by atoms with Gasteiger partial charge in [0.15, 0.2) is 5.78 Å². The third-order valence-electron chi connectivity index (χ3n) is 10.9. The Kier molecular flexibility index (Phi) is 8.57. The first-order valence-corrected chi connectivity index (χ1v) is 16.2. The number of hydrogen-bond donors (Lipinski definition) is 2. The summed E-state index contributed by atoms with van der Waals surface area (Å²) in [5.74, 6) is 3.44. The fourth-order valence-electron chi connectivity index (χ4n) is 9.42. The van der Waals surface area contributed by atoms with Crippen LogP contribution in [0.2, 0.25) is 0 Å². The lowest BCUT2D eigenvalue weighted by molar-refractivity contribution is -0.160. The third kappa shape index (κ3) is 5.55. The first-order chi connectivity index (χ1) is 16.8. The quantitative estimate of drug-likeness (QED) is 0.406. The first-order valence-electron chi connectivity index (χ1n) is 13.8. The molecule has 208 valence electrons. The monoisotopic (exact) mass is 547 g/mol. The minimum absolute atomic E-state index is 0.156. The molecule has 5 fully saturated rings. The zero-order valence-corrected chi connectivity index (χ0v) is 23.9. The van der Waals surface area contributed by atoms with Gasteiger partial charge in [-0.15, -0.1) is 11.6 Å². The van der Waals surface area contributed by atoms with Gasteiger partial charge in [0.1, 0.15) is 0 Å². The lowest BCUT2D eigenvalue weighted by atomic mass is 9.44. The number of rotatable bonds is 3. The molecule has 0 unspecified atom stereocenters. The van der Waals surface area contributed by atoms with Crippen molar-refractivity contribution in [3.63, 3.8) is 0 Å². The molecule has 4 aliphatic carbocycles. The fourth-order valence-corrected chi connectivity index (χ4v) is 9.60. The van der Waals surface area contributed by atoms with E-state index in [0.29, 0.717) is 23.5 Å². The SMILES string of the molecule is CS(=O)(=O)O.C[C@@H]1CN([C@H]2C[C@@]3(C)[C@@H](CC[C@@H]4[C@@H]3CC[C@]3(C)[C@@H](C(=O)CCl)CC[C@@H]43)C[C@@H]2O)CCO1. The molecule has 0 bridgehead atoms. The molecule has 0 radical (unpaired) electrons. The Bertz CT molecular complexity index is 908. The Morgan fingerprint density at radius 3 is 2.42 bits per heavy atom. The Morgan fingerprint density at radius 2 is 1.78 bits per heavy atom. The number of morpholine rings is 1. The number of halogens is 1. The topological polar surface area (TPSA) is 104 Å². The number of aliphatic hydroxyl groups excluding tert-OH is 1. The number of Topliss-reactive ketones (excluding diaryl/α,β-unsaturated/α-hetero) is 1. The molecule has 4 saturated carbocycles. The van der Waals surface area contributed by atoms with E-state index in [-0.39, 0.29) is 41.2 Å². The van der Waals surface area contributed by atoms with Crippen molar-refractivity contribution in [2.75, 3.05) is 31.8 Å². The summed E-state index contributed by atoms with van der Waals surface area (Å²) in [7, 11) is -3.67. The van der Waals surface area contributed by atoms with Crippen LogP contribution in [0.3, 0.4) is 0 Å². The number of fused-ring (bicyclic) bond motifs is 5. The van der Waals surface area contributed by atoms with E-state index >= 15 is 0 Å². The van der Waals surface area contributed by atoms with Crippen molar-refractivity contribution in [2.45, 2.75) is 90.4 Å². The molecule has 0 aromatic heterocycles. The molecular weight excluding hydrogens is 502 g/mol. The van der Waals surface area contributed by atoms with Crippen LogP contribution >= 0.6 is 11.6 Å². The maximum atomic E-state index is 12.6. The second kappa shape index (κ2) is 10.7. The highest BCUT2D eigenvalue weighted by atomic mass is 35.5. The lowest BCUT2D eigenvalue weighted by Gasteiger charge is -2.62. The van der Waals surface area contributed by atoms with Crippen molar-refractivity contribution in [2.24, 2.45) is 40.4 Å². The van der Waals surface area contributed by atoms with E-state index in [1.54, 1.807) is 0 Å². The van der Waals surface area contributed by atoms with Gasteiger partial charge in [0.05, 0.1) is 31.0 Å². The molecule has 1 saturated heterocycles. The molecule has 2 N–H and O–H groups in total. The molecule has 0 aromatic rings. The van der Waals surface area contributed by atoms with Crippen LogP contribution < -0.4 is 0 Å². The van der Waals surface area contributed by atoms with E-state index in [9.17, 15) is 18.3 Å². The normalized spacial score (nSPS) is 47.1. The van der Waals surface area contributed by atoms with Crippen LogP contribution in [0.1, 0.15) is 72.1 Å². The van der Waals surface area contributed by atoms with E-state index < -0.39 is 10.1 Å². The van der Waals surface area contributed by atoms with Gasteiger partial charge in [-0.1, -0.05) is 13.8 Å². The predicted molar refractivity (Wildman–Crippen MR) is 141 cm³/mol. The molecule has 7 nitrogen and oxygen atoms in total. The number of carbonyl (C=O) groups is 1. The van der Waals surface area contributed by atoms with E-state index in [1.807, 2.05) is 0 Å². The summed E-state index contributed by atoms with van der Waals surface area (Å²) in [4.78, 5) is 15.2. The molecule has 5 aliphatic rings. The molecular formula is C27H46ClNO6S. The van der Waals surface area contributed by atoms with E-state index in [0.717, 1.165) is 50.8 Å². The zero-order chi connectivity index (χ0) is 26.5. The van der Waals surface area contributed by atoms with E-state index in [2.05, 4.69) is 25.7 Å². The summed E-state index contributed by atoms with van der Waals surface area (Å²) in [6, 6.07) is 0.272. The van der Waals surface area contributed by atoms with Crippen molar-refractivity contribution in [3.05, 3.63) is 0 Å². The van der Waals surface area contributed by atoms with Crippen molar-refractivity contribution >= 4 is 27.5 Å². The van der Waals surface area contributed by atoms with Gasteiger partial charge >= 0.3 is 0 Å². The van der Waals surface area contributed by atoms with Crippen LogP contribution in [0, 0.1) is 40.4 Å². The molecule has 0 spiro atoms. The van der Waals surface area contributed by atoms with E-state index in [1.165, 1.54) is 32.1 Å². The lowest BCUT2D eigenvalue weighted by Crippen LogP contribution is -2.61. The minimum Gasteiger partial charge on any atom is -0.391 e. The Hall–Kier alpha value is -0.250. The number of hydrogen-bond acceptors (Lipinski definition) is 6. The van der Waals surface area contributed by atoms with Crippen LogP contribution in [-0.4, -0.2) is 78.8 Å². The summed E-state index contributed by atoms with van der Waals surface area (Å²) < 4.78 is 31.7. The molecule has 0 aromatic carbocycles. The fraction of sp³-hybridized carbons (Fsp3) is 0.963. The van der Waals surface area contributed by atoms with Crippen molar-refractivity contribution in [1.29, 1.82) is 0 Å². The average molecular weight is 548 g/mol. The predicted octanol–water partition coefficient (Wildman–Crippen LogP) is 4.02. The van der Waals surface area contributed by atoms with Crippen LogP contribution in [0.15, 0.2) is 0 Å². The number of aliphatic hydroxyl groups is 1. The van der Waals surface area contributed by atoms with Gasteiger partial charge in [-0.25, -0.2) is 0 Å². The number of alkyl halides is 1. The van der Waals surface area contributed by atoms with Crippen molar-refractivity contribution in [3.8, 4) is 0 Å². The number of ketones is 1. The van der Waals surface area contributed by atoms with Crippen molar-refractivity contribution < 1.29 is 27.6 Å². The smallest absolute Gasteiger partial charge is 0.261 e. The van der Waals surface area contributed by atoms with Gasteiger partial charge in [0.25, 0.3) is 10.1 Å². The Balaban J connectivity index is 0.000000556. The average Bonchev–Trinajstić information content (AvgIpc) is 3.15. The second-order valence-corrected chi connectivity index (χ2v) is 14.6. The molecule has 36 heavy (non-hydrogen) atoms.